The van der Waals surface area contributed by atoms with Crippen LogP contribution in [0, 0.1) is 0 Å². The molecule has 0 saturated heterocycles. The van der Waals surface area contributed by atoms with Gasteiger partial charge in [0.1, 0.15) is 0 Å². The van der Waals surface area contributed by atoms with Crippen LogP contribution in [0.5, 0.6) is 0 Å². The summed E-state index contributed by atoms with van der Waals surface area (Å²) in [6, 6.07) is 0. The Morgan fingerprint density at radius 3 is 3.45 bits per heavy atom. The minimum Gasteiger partial charge on any atom is -0.360 e. The van der Waals surface area contributed by atoms with Gasteiger partial charge in [-0.1, -0.05) is 5.21 Å². The number of aryl methyl sites for hydroxylation is 1. The lowest BCUT2D eigenvalue weighted by atomic mass is 10.1. The minimum atomic E-state index is 0.112. The van der Waals surface area contributed by atoms with Gasteiger partial charge in [0.2, 0.25) is 0 Å². The molecule has 60 valence electrons. The van der Waals surface area contributed by atoms with Gasteiger partial charge in [-0.15, -0.1) is 5.10 Å². The number of hydrogen-bond donors (Lipinski definition) is 0. The van der Waals surface area contributed by atoms with Crippen molar-refractivity contribution in [3.05, 3.63) is 11.9 Å². The summed E-state index contributed by atoms with van der Waals surface area (Å²) in [5.41, 5.74) is 1.18. The predicted molar refractivity (Wildman–Crippen MR) is 39.0 cm³/mol. The summed E-state index contributed by atoms with van der Waals surface area (Å²) in [6.07, 6.45) is 5.22. The molecular weight excluding hydrogens is 142 g/mol. The average Bonchev–Trinajstić information content (AvgIpc) is 2.50. The topological polar surface area (TPSA) is 39.9 Å². The van der Waals surface area contributed by atoms with Gasteiger partial charge in [-0.05, 0) is 19.3 Å². The zero-order valence-electron chi connectivity index (χ0n) is 6.53. The second kappa shape index (κ2) is 2.62. The summed E-state index contributed by atoms with van der Waals surface area (Å²) < 4.78 is 7.10. The molecule has 1 aromatic rings. The molecule has 1 aliphatic heterocycles. The molecule has 1 atom stereocenters. The van der Waals surface area contributed by atoms with Crippen molar-refractivity contribution >= 4 is 0 Å². The van der Waals surface area contributed by atoms with E-state index in [0.717, 1.165) is 12.8 Å². The number of ether oxygens (including phenoxy) is 1. The van der Waals surface area contributed by atoms with E-state index in [-0.39, 0.29) is 6.23 Å². The van der Waals surface area contributed by atoms with Crippen LogP contribution in [0.2, 0.25) is 0 Å². The minimum absolute atomic E-state index is 0.112. The van der Waals surface area contributed by atoms with Gasteiger partial charge in [-0.3, -0.25) is 0 Å². The van der Waals surface area contributed by atoms with Crippen LogP contribution >= 0.6 is 0 Å². The van der Waals surface area contributed by atoms with Gasteiger partial charge in [-0.2, -0.15) is 0 Å². The zero-order valence-corrected chi connectivity index (χ0v) is 6.53. The van der Waals surface area contributed by atoms with Gasteiger partial charge in [-0.25, -0.2) is 4.68 Å². The summed E-state index contributed by atoms with van der Waals surface area (Å²) in [5, 5.41) is 7.79. The number of nitrogens with zero attached hydrogens (tertiary/aromatic N) is 3. The van der Waals surface area contributed by atoms with Crippen molar-refractivity contribution in [1.29, 1.82) is 0 Å². The van der Waals surface area contributed by atoms with Crippen LogP contribution < -0.4 is 0 Å². The fraction of sp³-hybridized carbons (Fsp3) is 0.714. The molecule has 1 aromatic heterocycles. The molecule has 2 rings (SSSR count). The lowest BCUT2D eigenvalue weighted by Gasteiger charge is -2.21. The second-order valence-electron chi connectivity index (χ2n) is 2.75. The van der Waals surface area contributed by atoms with E-state index >= 15 is 0 Å². The van der Waals surface area contributed by atoms with E-state index in [1.165, 1.54) is 12.1 Å². The Kier molecular flexibility index (Phi) is 1.62. The van der Waals surface area contributed by atoms with Crippen LogP contribution in [0.4, 0.5) is 0 Å². The standard InChI is InChI=1S/C7H11N3O/c1-11-7-4-2-3-6-5-8-9-10(6)7/h5,7H,2-4H2,1H3. The van der Waals surface area contributed by atoms with Gasteiger partial charge in [0, 0.05) is 7.11 Å². The third-order valence-corrected chi connectivity index (χ3v) is 2.08. The summed E-state index contributed by atoms with van der Waals surface area (Å²) in [7, 11) is 1.71. The number of fused-ring (bicyclic) bond motifs is 1. The van der Waals surface area contributed by atoms with Crippen molar-refractivity contribution in [2.45, 2.75) is 25.5 Å². The first-order valence-corrected chi connectivity index (χ1v) is 3.83. The molecule has 0 aliphatic carbocycles. The van der Waals surface area contributed by atoms with Crippen LogP contribution in [0.3, 0.4) is 0 Å². The summed E-state index contributed by atoms with van der Waals surface area (Å²) >= 11 is 0. The molecule has 4 nitrogen and oxygen atoms in total. The maximum Gasteiger partial charge on any atom is 0.151 e. The first-order valence-electron chi connectivity index (χ1n) is 3.83. The van der Waals surface area contributed by atoms with Crippen LogP contribution in [0.1, 0.15) is 24.8 Å². The fourth-order valence-electron chi connectivity index (χ4n) is 1.48. The van der Waals surface area contributed by atoms with Crippen LogP contribution in [-0.2, 0) is 11.2 Å². The lowest BCUT2D eigenvalue weighted by Crippen LogP contribution is -2.19. The average molecular weight is 153 g/mol. The van der Waals surface area contributed by atoms with E-state index in [0.29, 0.717) is 0 Å². The highest BCUT2D eigenvalue weighted by Gasteiger charge is 2.19. The highest BCUT2D eigenvalue weighted by atomic mass is 16.5. The second-order valence-corrected chi connectivity index (χ2v) is 2.75. The van der Waals surface area contributed by atoms with Gasteiger partial charge in [0.15, 0.2) is 6.23 Å². The van der Waals surface area contributed by atoms with Crippen molar-refractivity contribution in [2.75, 3.05) is 7.11 Å². The van der Waals surface area contributed by atoms with E-state index in [1.54, 1.807) is 7.11 Å². The van der Waals surface area contributed by atoms with Crippen molar-refractivity contribution in [2.24, 2.45) is 0 Å². The van der Waals surface area contributed by atoms with E-state index in [4.69, 9.17) is 4.74 Å². The number of rotatable bonds is 1. The van der Waals surface area contributed by atoms with Crippen molar-refractivity contribution in [3.63, 3.8) is 0 Å². The Balaban J connectivity index is 2.32. The molecule has 0 spiro atoms. The fourth-order valence-corrected chi connectivity index (χ4v) is 1.48. The number of hydrogen-bond acceptors (Lipinski definition) is 3. The third-order valence-electron chi connectivity index (χ3n) is 2.08. The Labute approximate surface area is 65.2 Å². The first-order chi connectivity index (χ1) is 5.42. The van der Waals surface area contributed by atoms with Gasteiger partial charge in [0.05, 0.1) is 11.9 Å². The van der Waals surface area contributed by atoms with Crippen LogP contribution in [0.15, 0.2) is 6.20 Å². The van der Waals surface area contributed by atoms with Gasteiger partial charge >= 0.3 is 0 Å². The summed E-state index contributed by atoms with van der Waals surface area (Å²) in [6.45, 7) is 0. The Hall–Kier alpha value is -0.900. The predicted octanol–water partition coefficient (Wildman–Crippen LogP) is 0.759. The first kappa shape index (κ1) is 6.79. The molecule has 1 aliphatic rings. The molecule has 1 unspecified atom stereocenters. The maximum absolute atomic E-state index is 5.24. The van der Waals surface area contributed by atoms with Crippen LogP contribution in [-0.4, -0.2) is 22.1 Å². The molecule has 0 bridgehead atoms. The van der Waals surface area contributed by atoms with E-state index in [2.05, 4.69) is 10.3 Å². The third kappa shape index (κ3) is 1.03. The molecule has 0 N–H and O–H groups in total. The Morgan fingerprint density at radius 2 is 2.64 bits per heavy atom. The van der Waals surface area contributed by atoms with Crippen molar-refractivity contribution < 1.29 is 4.74 Å². The van der Waals surface area contributed by atoms with E-state index in [9.17, 15) is 0 Å². The smallest absolute Gasteiger partial charge is 0.151 e. The number of methoxy groups -OCH3 is 1. The Morgan fingerprint density at radius 1 is 1.73 bits per heavy atom. The monoisotopic (exact) mass is 153 g/mol. The molecule has 0 fully saturated rings. The zero-order chi connectivity index (χ0) is 7.68. The summed E-state index contributed by atoms with van der Waals surface area (Å²) in [5.74, 6) is 0. The highest BCUT2D eigenvalue weighted by Crippen LogP contribution is 2.22. The molecule has 4 heteroatoms. The molecule has 0 radical (unpaired) electrons. The normalized spacial score (nSPS) is 23.2. The largest absolute Gasteiger partial charge is 0.360 e. The lowest BCUT2D eigenvalue weighted by molar-refractivity contribution is 0.0136. The highest BCUT2D eigenvalue weighted by molar-refractivity contribution is 4.97. The van der Waals surface area contributed by atoms with Crippen LogP contribution in [0.25, 0.3) is 0 Å². The maximum atomic E-state index is 5.24. The molecular formula is C7H11N3O. The quantitative estimate of drug-likeness (QED) is 0.598. The van der Waals surface area contributed by atoms with Crippen molar-refractivity contribution in [1.82, 2.24) is 15.0 Å². The molecule has 0 amide bonds. The van der Waals surface area contributed by atoms with E-state index < -0.39 is 0 Å². The van der Waals surface area contributed by atoms with E-state index in [1.807, 2.05) is 10.9 Å². The SMILES string of the molecule is COC1CCCc2cnnn21. The van der Waals surface area contributed by atoms with Crippen molar-refractivity contribution in [3.8, 4) is 0 Å². The molecule has 11 heavy (non-hydrogen) atoms. The number of aromatic nitrogens is 3. The Bertz CT molecular complexity index is 246. The molecule has 0 saturated carbocycles. The molecule has 2 heterocycles. The summed E-state index contributed by atoms with van der Waals surface area (Å²) in [4.78, 5) is 0. The van der Waals surface area contributed by atoms with Gasteiger partial charge < -0.3 is 4.74 Å². The molecule has 0 aromatic carbocycles. The van der Waals surface area contributed by atoms with Gasteiger partial charge in [0.25, 0.3) is 0 Å².